The van der Waals surface area contributed by atoms with Gasteiger partial charge in [-0.25, -0.2) is 4.90 Å². The third-order valence-corrected chi connectivity index (χ3v) is 5.56. The summed E-state index contributed by atoms with van der Waals surface area (Å²) in [7, 11) is 3.55. The Hall–Kier alpha value is -2.83. The van der Waals surface area contributed by atoms with Gasteiger partial charge < -0.3 is 14.5 Å². The van der Waals surface area contributed by atoms with Crippen molar-refractivity contribution in [1.82, 2.24) is 9.80 Å². The highest BCUT2D eigenvalue weighted by atomic mass is 35.5. The van der Waals surface area contributed by atoms with E-state index in [4.69, 9.17) is 16.3 Å². The van der Waals surface area contributed by atoms with Crippen LogP contribution in [0.15, 0.2) is 54.2 Å². The minimum absolute atomic E-state index is 0.348. The molecular weight excluding hydrogens is 390 g/mol. The van der Waals surface area contributed by atoms with Crippen molar-refractivity contribution in [3.8, 4) is 5.75 Å². The first kappa shape index (κ1) is 19.5. The third-order valence-electron chi connectivity index (χ3n) is 5.32. The molecule has 150 valence electrons. The number of nitrogens with zero attached hydrogens (tertiary/aromatic N) is 3. The number of halogens is 1. The molecule has 0 radical (unpaired) electrons. The van der Waals surface area contributed by atoms with Crippen molar-refractivity contribution in [3.63, 3.8) is 0 Å². The monoisotopic (exact) mass is 411 g/mol. The molecular formula is C22H22ClN3O3. The lowest BCUT2D eigenvalue weighted by molar-refractivity contribution is -0.120. The Kier molecular flexibility index (Phi) is 5.30. The van der Waals surface area contributed by atoms with Crippen molar-refractivity contribution in [1.29, 1.82) is 0 Å². The fourth-order valence-corrected chi connectivity index (χ4v) is 3.93. The van der Waals surface area contributed by atoms with Gasteiger partial charge in [0.15, 0.2) is 0 Å². The molecule has 2 heterocycles. The Balaban J connectivity index is 1.83. The first-order chi connectivity index (χ1) is 14.0. The number of carbonyl (C=O) groups excluding carboxylic acids is 2. The SMILES string of the molecule is COc1ccc(Cl)cc1N1C(=O)C(c2ccccc2)=C(N2CCN(C)CC2)C1=O. The molecule has 0 N–H and O–H groups in total. The minimum atomic E-state index is -0.365. The van der Waals surface area contributed by atoms with Gasteiger partial charge in [-0.05, 0) is 30.8 Å². The van der Waals surface area contributed by atoms with Crippen LogP contribution in [-0.2, 0) is 9.59 Å². The van der Waals surface area contributed by atoms with Crippen LogP contribution in [0.5, 0.6) is 5.75 Å². The van der Waals surface area contributed by atoms with Gasteiger partial charge in [0.2, 0.25) is 0 Å². The Bertz CT molecular complexity index is 982. The fourth-order valence-electron chi connectivity index (χ4n) is 3.76. The average Bonchev–Trinajstić information content (AvgIpc) is 2.99. The van der Waals surface area contributed by atoms with Crippen LogP contribution >= 0.6 is 11.6 Å². The zero-order valence-electron chi connectivity index (χ0n) is 16.4. The zero-order valence-corrected chi connectivity index (χ0v) is 17.1. The standard InChI is InChI=1S/C22H22ClN3O3/c1-24-10-12-25(13-11-24)20-19(15-6-4-3-5-7-15)21(27)26(22(20)28)17-14-16(23)8-9-18(17)29-2/h3-9,14H,10-13H2,1-2H3. The van der Waals surface area contributed by atoms with Crippen LogP contribution in [0, 0.1) is 0 Å². The first-order valence-corrected chi connectivity index (χ1v) is 9.84. The van der Waals surface area contributed by atoms with Crippen molar-refractivity contribution in [3.05, 3.63) is 64.8 Å². The van der Waals surface area contributed by atoms with E-state index in [1.54, 1.807) is 18.2 Å². The van der Waals surface area contributed by atoms with Crippen molar-refractivity contribution >= 4 is 34.7 Å². The number of imide groups is 1. The van der Waals surface area contributed by atoms with E-state index in [1.165, 1.54) is 12.0 Å². The highest BCUT2D eigenvalue weighted by Crippen LogP contribution is 2.39. The van der Waals surface area contributed by atoms with Crippen molar-refractivity contribution in [2.75, 3.05) is 45.2 Å². The summed E-state index contributed by atoms with van der Waals surface area (Å²) < 4.78 is 5.40. The summed E-state index contributed by atoms with van der Waals surface area (Å²) >= 11 is 6.17. The van der Waals surface area contributed by atoms with Crippen LogP contribution in [-0.4, -0.2) is 62.0 Å². The predicted molar refractivity (Wildman–Crippen MR) is 113 cm³/mol. The molecule has 29 heavy (non-hydrogen) atoms. The number of ether oxygens (including phenoxy) is 1. The van der Waals surface area contributed by atoms with Crippen LogP contribution in [0.1, 0.15) is 5.56 Å². The quantitative estimate of drug-likeness (QED) is 0.724. The number of rotatable bonds is 4. The van der Waals surface area contributed by atoms with Gasteiger partial charge in [-0.15, -0.1) is 0 Å². The lowest BCUT2D eigenvalue weighted by Gasteiger charge is -2.34. The number of piperazine rings is 1. The van der Waals surface area contributed by atoms with Crippen molar-refractivity contribution in [2.45, 2.75) is 0 Å². The maximum absolute atomic E-state index is 13.6. The molecule has 1 saturated heterocycles. The van der Waals surface area contributed by atoms with E-state index < -0.39 is 0 Å². The second kappa shape index (κ2) is 7.89. The smallest absolute Gasteiger partial charge is 0.282 e. The summed E-state index contributed by atoms with van der Waals surface area (Å²) in [4.78, 5) is 32.5. The van der Waals surface area contributed by atoms with Crippen molar-refractivity contribution in [2.24, 2.45) is 0 Å². The Morgan fingerprint density at radius 2 is 1.62 bits per heavy atom. The lowest BCUT2D eigenvalue weighted by atomic mass is 10.0. The first-order valence-electron chi connectivity index (χ1n) is 9.46. The summed E-state index contributed by atoms with van der Waals surface area (Å²) in [5, 5.41) is 0.427. The number of hydrogen-bond acceptors (Lipinski definition) is 5. The normalized spacial score (nSPS) is 18.0. The van der Waals surface area contributed by atoms with E-state index in [2.05, 4.69) is 11.9 Å². The van der Waals surface area contributed by atoms with Crippen molar-refractivity contribution < 1.29 is 14.3 Å². The lowest BCUT2D eigenvalue weighted by Crippen LogP contribution is -2.46. The largest absolute Gasteiger partial charge is 0.495 e. The second-order valence-corrected chi connectivity index (χ2v) is 7.58. The van der Waals surface area contributed by atoms with E-state index >= 15 is 0 Å². The van der Waals surface area contributed by atoms with E-state index in [9.17, 15) is 9.59 Å². The van der Waals surface area contributed by atoms with E-state index in [0.29, 0.717) is 40.8 Å². The van der Waals surface area contributed by atoms with Crippen LogP contribution in [0.4, 0.5) is 5.69 Å². The zero-order chi connectivity index (χ0) is 20.5. The van der Waals surface area contributed by atoms with Crippen LogP contribution in [0.25, 0.3) is 5.57 Å². The highest BCUT2D eigenvalue weighted by molar-refractivity contribution is 6.46. The topological polar surface area (TPSA) is 53.1 Å². The maximum atomic E-state index is 13.6. The molecule has 0 aliphatic carbocycles. The number of methoxy groups -OCH3 is 1. The number of anilines is 1. The molecule has 0 saturated carbocycles. The number of benzene rings is 2. The molecule has 0 unspecified atom stereocenters. The molecule has 0 atom stereocenters. The Morgan fingerprint density at radius 1 is 0.931 bits per heavy atom. The van der Waals surface area contributed by atoms with Gasteiger partial charge in [-0.3, -0.25) is 9.59 Å². The van der Waals surface area contributed by atoms with Gasteiger partial charge in [0.1, 0.15) is 11.4 Å². The number of amides is 2. The molecule has 2 aromatic carbocycles. The maximum Gasteiger partial charge on any atom is 0.282 e. The average molecular weight is 412 g/mol. The molecule has 6 nitrogen and oxygen atoms in total. The molecule has 0 aromatic heterocycles. The van der Waals surface area contributed by atoms with E-state index in [-0.39, 0.29) is 11.8 Å². The minimum Gasteiger partial charge on any atom is -0.495 e. The molecule has 4 rings (SSSR count). The molecule has 1 fully saturated rings. The van der Waals surface area contributed by atoms with Gasteiger partial charge in [-0.2, -0.15) is 0 Å². The molecule has 0 spiro atoms. The second-order valence-electron chi connectivity index (χ2n) is 7.14. The summed E-state index contributed by atoms with van der Waals surface area (Å²) in [5.74, 6) is -0.294. The molecule has 2 amide bonds. The van der Waals surface area contributed by atoms with Gasteiger partial charge in [0.05, 0.1) is 18.4 Å². The summed E-state index contributed by atoms with van der Waals surface area (Å²) in [6.45, 7) is 3.02. The Labute approximate surface area is 174 Å². The molecule has 7 heteroatoms. The highest BCUT2D eigenvalue weighted by Gasteiger charge is 2.43. The summed E-state index contributed by atoms with van der Waals surface area (Å²) in [6.07, 6.45) is 0. The molecule has 2 aromatic rings. The third kappa shape index (κ3) is 3.50. The van der Waals surface area contributed by atoms with E-state index in [0.717, 1.165) is 18.7 Å². The van der Waals surface area contributed by atoms with Gasteiger partial charge in [-0.1, -0.05) is 41.9 Å². The Morgan fingerprint density at radius 3 is 2.28 bits per heavy atom. The van der Waals surface area contributed by atoms with Gasteiger partial charge in [0.25, 0.3) is 11.8 Å². The summed E-state index contributed by atoms with van der Waals surface area (Å²) in [6, 6.07) is 14.2. The fraction of sp³-hybridized carbons (Fsp3) is 0.273. The molecule has 0 bridgehead atoms. The van der Waals surface area contributed by atoms with Crippen LogP contribution in [0.2, 0.25) is 5.02 Å². The molecule has 2 aliphatic heterocycles. The van der Waals surface area contributed by atoms with Gasteiger partial charge >= 0.3 is 0 Å². The number of hydrogen-bond donors (Lipinski definition) is 0. The molecule has 2 aliphatic rings. The predicted octanol–water partition coefficient (Wildman–Crippen LogP) is 2.88. The number of carbonyl (C=O) groups is 2. The number of likely N-dealkylation sites (N-methyl/N-ethyl adjacent to an activating group) is 1. The van der Waals surface area contributed by atoms with E-state index in [1.807, 2.05) is 35.2 Å². The summed E-state index contributed by atoms with van der Waals surface area (Å²) in [5.41, 5.74) is 1.94. The van der Waals surface area contributed by atoms with Gasteiger partial charge in [0, 0.05) is 31.2 Å². The van der Waals surface area contributed by atoms with Crippen LogP contribution < -0.4 is 9.64 Å². The van der Waals surface area contributed by atoms with Crippen LogP contribution in [0.3, 0.4) is 0 Å².